The zero-order valence-corrected chi connectivity index (χ0v) is 21.6. The predicted octanol–water partition coefficient (Wildman–Crippen LogP) is 4.99. The highest BCUT2D eigenvalue weighted by Crippen LogP contribution is 2.38. The van der Waals surface area contributed by atoms with Crippen LogP contribution in [0.3, 0.4) is 0 Å². The number of nitrogens with zero attached hydrogens (tertiary/aromatic N) is 1. The van der Waals surface area contributed by atoms with Crippen molar-refractivity contribution in [3.63, 3.8) is 0 Å². The second-order valence-electron chi connectivity index (χ2n) is 9.35. The predicted molar refractivity (Wildman–Crippen MR) is 146 cm³/mol. The number of carbonyl (C=O) groups excluding carboxylic acids is 3. The van der Waals surface area contributed by atoms with Gasteiger partial charge in [0.1, 0.15) is 0 Å². The Morgan fingerprint density at radius 2 is 1.57 bits per heavy atom. The Bertz CT molecular complexity index is 1360. The van der Waals surface area contributed by atoms with Crippen LogP contribution >= 0.6 is 0 Å². The Balaban J connectivity index is 1.76. The van der Waals surface area contributed by atoms with E-state index < -0.39 is 0 Å². The van der Waals surface area contributed by atoms with E-state index in [0.29, 0.717) is 40.9 Å². The SMILES string of the molecule is COC(=O)CCc1ccc(C(Nc2ccc(CN(C)C)cc2)=C2C(=O)Nc3ccc(C(C)=O)cc32)cc1. The molecule has 3 aromatic carbocycles. The van der Waals surface area contributed by atoms with Crippen LogP contribution in [0.15, 0.2) is 66.7 Å². The van der Waals surface area contributed by atoms with Gasteiger partial charge < -0.3 is 20.3 Å². The molecule has 0 saturated carbocycles. The summed E-state index contributed by atoms with van der Waals surface area (Å²) in [6, 6.07) is 21.1. The normalized spacial score (nSPS) is 13.7. The minimum atomic E-state index is -0.258. The average Bonchev–Trinajstić information content (AvgIpc) is 3.21. The topological polar surface area (TPSA) is 87.7 Å². The van der Waals surface area contributed by atoms with Gasteiger partial charge in [-0.1, -0.05) is 36.4 Å². The molecule has 0 saturated heterocycles. The summed E-state index contributed by atoms with van der Waals surface area (Å²) in [5.74, 6) is -0.564. The third kappa shape index (κ3) is 6.13. The number of amides is 1. The number of rotatable bonds is 9. The monoisotopic (exact) mass is 497 g/mol. The van der Waals surface area contributed by atoms with Crippen LogP contribution in [0.5, 0.6) is 0 Å². The molecule has 0 atom stereocenters. The lowest BCUT2D eigenvalue weighted by molar-refractivity contribution is -0.140. The summed E-state index contributed by atoms with van der Waals surface area (Å²) in [6.45, 7) is 2.33. The number of aryl methyl sites for hydroxylation is 1. The molecule has 37 heavy (non-hydrogen) atoms. The fourth-order valence-corrected chi connectivity index (χ4v) is 4.30. The van der Waals surface area contributed by atoms with Gasteiger partial charge >= 0.3 is 5.97 Å². The summed E-state index contributed by atoms with van der Waals surface area (Å²) in [6.07, 6.45) is 0.857. The van der Waals surface area contributed by atoms with Gasteiger partial charge in [0.05, 0.1) is 18.4 Å². The van der Waals surface area contributed by atoms with E-state index in [1.54, 1.807) is 18.2 Å². The molecular weight excluding hydrogens is 466 g/mol. The smallest absolute Gasteiger partial charge is 0.305 e. The van der Waals surface area contributed by atoms with Crippen LogP contribution in [0, 0.1) is 0 Å². The van der Waals surface area contributed by atoms with Crippen molar-refractivity contribution in [2.24, 2.45) is 0 Å². The molecule has 0 aliphatic carbocycles. The first kappa shape index (κ1) is 25.9. The highest BCUT2D eigenvalue weighted by atomic mass is 16.5. The summed E-state index contributed by atoms with van der Waals surface area (Å²) in [5.41, 5.74) is 6.80. The Kier molecular flexibility index (Phi) is 7.84. The van der Waals surface area contributed by atoms with Crippen LogP contribution < -0.4 is 10.6 Å². The average molecular weight is 498 g/mol. The second-order valence-corrected chi connectivity index (χ2v) is 9.35. The lowest BCUT2D eigenvalue weighted by Gasteiger charge is -2.16. The number of anilines is 2. The molecular formula is C30H31N3O4. The maximum atomic E-state index is 13.2. The van der Waals surface area contributed by atoms with Crippen molar-refractivity contribution in [2.45, 2.75) is 26.3 Å². The largest absolute Gasteiger partial charge is 0.469 e. The molecule has 0 fully saturated rings. The quantitative estimate of drug-likeness (QED) is 0.246. The van der Waals surface area contributed by atoms with Crippen molar-refractivity contribution < 1.29 is 19.1 Å². The molecule has 0 unspecified atom stereocenters. The number of esters is 1. The maximum Gasteiger partial charge on any atom is 0.305 e. The van der Waals surface area contributed by atoms with Gasteiger partial charge in [-0.15, -0.1) is 0 Å². The van der Waals surface area contributed by atoms with E-state index in [4.69, 9.17) is 4.74 Å². The number of methoxy groups -OCH3 is 1. The van der Waals surface area contributed by atoms with Crippen LogP contribution in [-0.4, -0.2) is 43.8 Å². The molecule has 0 radical (unpaired) electrons. The molecule has 1 amide bonds. The Hall–Kier alpha value is -4.23. The summed E-state index contributed by atoms with van der Waals surface area (Å²) < 4.78 is 4.74. The van der Waals surface area contributed by atoms with Crippen molar-refractivity contribution in [3.8, 4) is 0 Å². The number of carbonyl (C=O) groups is 3. The van der Waals surface area contributed by atoms with Gasteiger partial charge in [0.25, 0.3) is 5.91 Å². The molecule has 1 aliphatic rings. The van der Waals surface area contributed by atoms with Crippen molar-refractivity contribution in [3.05, 3.63) is 94.5 Å². The number of benzene rings is 3. The fourth-order valence-electron chi connectivity index (χ4n) is 4.30. The highest BCUT2D eigenvalue weighted by molar-refractivity contribution is 6.37. The van der Waals surface area contributed by atoms with Crippen LogP contribution in [0.2, 0.25) is 0 Å². The first-order valence-corrected chi connectivity index (χ1v) is 12.1. The molecule has 2 N–H and O–H groups in total. The summed E-state index contributed by atoms with van der Waals surface area (Å²) in [7, 11) is 5.43. The number of Topliss-reactive ketones (excluding diaryl/α,β-unsaturated/α-hetero) is 1. The van der Waals surface area contributed by atoms with E-state index in [9.17, 15) is 14.4 Å². The van der Waals surface area contributed by atoms with Gasteiger partial charge in [-0.05, 0) is 74.5 Å². The number of ether oxygens (including phenoxy) is 1. The molecule has 0 spiro atoms. The van der Waals surface area contributed by atoms with Gasteiger partial charge in [-0.3, -0.25) is 14.4 Å². The zero-order valence-electron chi connectivity index (χ0n) is 21.6. The van der Waals surface area contributed by atoms with Gasteiger partial charge in [0.15, 0.2) is 5.78 Å². The van der Waals surface area contributed by atoms with Crippen LogP contribution in [-0.2, 0) is 27.3 Å². The van der Waals surface area contributed by atoms with E-state index in [-0.39, 0.29) is 17.7 Å². The molecule has 7 nitrogen and oxygen atoms in total. The molecule has 190 valence electrons. The van der Waals surface area contributed by atoms with Gasteiger partial charge in [0, 0.05) is 35.5 Å². The maximum absolute atomic E-state index is 13.2. The van der Waals surface area contributed by atoms with E-state index in [1.807, 2.05) is 50.5 Å². The van der Waals surface area contributed by atoms with Gasteiger partial charge in [0.2, 0.25) is 0 Å². The molecule has 1 heterocycles. The Morgan fingerprint density at radius 1 is 0.919 bits per heavy atom. The number of ketones is 1. The van der Waals surface area contributed by atoms with E-state index >= 15 is 0 Å². The molecule has 7 heteroatoms. The molecule has 4 rings (SSSR count). The molecule has 1 aliphatic heterocycles. The van der Waals surface area contributed by atoms with Gasteiger partial charge in [-0.2, -0.15) is 0 Å². The number of nitrogens with one attached hydrogen (secondary N) is 2. The van der Waals surface area contributed by atoms with Crippen LogP contribution in [0.1, 0.15) is 46.0 Å². The summed E-state index contributed by atoms with van der Waals surface area (Å²) in [4.78, 5) is 38.9. The van der Waals surface area contributed by atoms with Crippen molar-refractivity contribution >= 4 is 40.3 Å². The van der Waals surface area contributed by atoms with Crippen molar-refractivity contribution in [1.82, 2.24) is 4.90 Å². The third-order valence-corrected chi connectivity index (χ3v) is 6.23. The van der Waals surface area contributed by atoms with E-state index in [0.717, 1.165) is 23.4 Å². The van der Waals surface area contributed by atoms with Crippen molar-refractivity contribution in [1.29, 1.82) is 0 Å². The molecule has 3 aromatic rings. The zero-order chi connectivity index (χ0) is 26.5. The van der Waals surface area contributed by atoms with Crippen LogP contribution in [0.25, 0.3) is 11.3 Å². The number of hydrogen-bond acceptors (Lipinski definition) is 6. The fraction of sp³-hybridized carbons (Fsp3) is 0.233. The standard InChI is InChI=1S/C30H31N3O4/c1-19(34)23-12-15-26-25(17-23)28(30(36)32-26)29(31-24-13-7-21(8-14-24)18-33(2)3)22-10-5-20(6-11-22)9-16-27(35)37-4/h5-8,10-15,17,31H,9,16,18H2,1-4H3,(H,32,36). The minimum Gasteiger partial charge on any atom is -0.469 e. The molecule has 0 aromatic heterocycles. The first-order chi connectivity index (χ1) is 17.7. The van der Waals surface area contributed by atoms with E-state index in [2.05, 4.69) is 27.7 Å². The van der Waals surface area contributed by atoms with Crippen LogP contribution in [0.4, 0.5) is 11.4 Å². The third-order valence-electron chi connectivity index (χ3n) is 6.23. The highest BCUT2D eigenvalue weighted by Gasteiger charge is 2.29. The lowest BCUT2D eigenvalue weighted by Crippen LogP contribution is -2.11. The first-order valence-electron chi connectivity index (χ1n) is 12.1. The Labute approximate surface area is 217 Å². The Morgan fingerprint density at radius 3 is 2.19 bits per heavy atom. The minimum absolute atomic E-state index is 0.0672. The van der Waals surface area contributed by atoms with Crippen molar-refractivity contribution in [2.75, 3.05) is 31.8 Å². The summed E-state index contributed by atoms with van der Waals surface area (Å²) >= 11 is 0. The van der Waals surface area contributed by atoms with Gasteiger partial charge in [-0.25, -0.2) is 0 Å². The van der Waals surface area contributed by atoms with E-state index in [1.165, 1.54) is 19.6 Å². The lowest BCUT2D eigenvalue weighted by atomic mass is 9.96. The second kappa shape index (κ2) is 11.2. The molecule has 0 bridgehead atoms. The summed E-state index contributed by atoms with van der Waals surface area (Å²) in [5, 5.41) is 6.39. The number of fused-ring (bicyclic) bond motifs is 1. The number of hydrogen-bond donors (Lipinski definition) is 2.